The molecule has 0 spiro atoms. The van der Waals surface area contributed by atoms with Gasteiger partial charge in [0.05, 0.1) is 17.1 Å². The zero-order chi connectivity index (χ0) is 29.5. The van der Waals surface area contributed by atoms with E-state index in [2.05, 4.69) is 110 Å². The summed E-state index contributed by atoms with van der Waals surface area (Å²) in [5, 5.41) is 0. The van der Waals surface area contributed by atoms with Gasteiger partial charge in [-0.3, -0.25) is 4.98 Å². The Hall–Kier alpha value is -4.04. The summed E-state index contributed by atoms with van der Waals surface area (Å²) in [5.74, 6) is 0. The van der Waals surface area contributed by atoms with Crippen LogP contribution in [0.5, 0.6) is 0 Å². The third-order valence-corrected chi connectivity index (χ3v) is 9.34. The number of fused-ring (bicyclic) bond motifs is 3. The van der Waals surface area contributed by atoms with Gasteiger partial charge in [0.2, 0.25) is 0 Å². The number of aromatic nitrogens is 2. The maximum atomic E-state index is 5.23. The van der Waals surface area contributed by atoms with E-state index in [0.717, 1.165) is 17.1 Å². The van der Waals surface area contributed by atoms with Gasteiger partial charge in [-0.25, -0.2) is 4.98 Å². The molecule has 2 aromatic heterocycles. The van der Waals surface area contributed by atoms with Crippen molar-refractivity contribution in [2.24, 2.45) is 0 Å². The molecule has 2 heterocycles. The summed E-state index contributed by atoms with van der Waals surface area (Å²) in [6.45, 7) is 4.62. The van der Waals surface area contributed by atoms with E-state index in [1.54, 1.807) is 0 Å². The Kier molecular flexibility index (Phi) is 9.13. The molecule has 43 heavy (non-hydrogen) atoms. The lowest BCUT2D eigenvalue weighted by molar-refractivity contribution is 0.401. The minimum Gasteiger partial charge on any atom is -0.255 e. The van der Waals surface area contributed by atoms with E-state index in [1.807, 2.05) is 18.3 Å². The molecule has 0 saturated carbocycles. The largest absolute Gasteiger partial charge is 0.255 e. The van der Waals surface area contributed by atoms with Gasteiger partial charge in [0.1, 0.15) is 0 Å². The Labute approximate surface area is 258 Å². The van der Waals surface area contributed by atoms with Crippen LogP contribution in [0.15, 0.2) is 109 Å². The second-order valence-electron chi connectivity index (χ2n) is 12.2. The Balaban J connectivity index is 1.48. The first-order chi connectivity index (χ1) is 21.2. The van der Waals surface area contributed by atoms with Crippen LogP contribution >= 0.6 is 0 Å². The van der Waals surface area contributed by atoms with Gasteiger partial charge < -0.3 is 0 Å². The molecular formula is C41H44N2. The van der Waals surface area contributed by atoms with Gasteiger partial charge >= 0.3 is 0 Å². The van der Waals surface area contributed by atoms with Gasteiger partial charge in [-0.05, 0) is 76.6 Å². The molecule has 6 rings (SSSR count). The Morgan fingerprint density at radius 3 is 1.88 bits per heavy atom. The fraction of sp³-hybridized carbons (Fsp3) is 0.317. The van der Waals surface area contributed by atoms with E-state index in [4.69, 9.17) is 4.98 Å². The predicted molar refractivity (Wildman–Crippen MR) is 182 cm³/mol. The van der Waals surface area contributed by atoms with Gasteiger partial charge in [0, 0.05) is 17.2 Å². The van der Waals surface area contributed by atoms with Gasteiger partial charge in [0.15, 0.2) is 0 Å². The fourth-order valence-corrected chi connectivity index (χ4v) is 7.11. The highest BCUT2D eigenvalue weighted by Crippen LogP contribution is 2.55. The van der Waals surface area contributed by atoms with Crippen LogP contribution in [-0.4, -0.2) is 9.97 Å². The van der Waals surface area contributed by atoms with Crippen molar-refractivity contribution in [3.05, 3.63) is 120 Å². The molecule has 1 aliphatic carbocycles. The van der Waals surface area contributed by atoms with Crippen LogP contribution in [0, 0.1) is 0 Å². The molecule has 0 bridgehead atoms. The number of rotatable bonds is 13. The highest BCUT2D eigenvalue weighted by molar-refractivity contribution is 5.84. The average Bonchev–Trinajstić information content (AvgIpc) is 3.35. The zero-order valence-electron chi connectivity index (χ0n) is 25.9. The van der Waals surface area contributed by atoms with E-state index in [9.17, 15) is 0 Å². The number of benzene rings is 3. The van der Waals surface area contributed by atoms with Crippen LogP contribution in [0.2, 0.25) is 0 Å². The van der Waals surface area contributed by atoms with Crippen LogP contribution in [0.4, 0.5) is 0 Å². The maximum Gasteiger partial charge on any atom is 0.0899 e. The van der Waals surface area contributed by atoms with E-state index >= 15 is 0 Å². The predicted octanol–water partition coefficient (Wildman–Crippen LogP) is 11.7. The van der Waals surface area contributed by atoms with Crippen LogP contribution in [0.3, 0.4) is 0 Å². The van der Waals surface area contributed by atoms with Crippen LogP contribution < -0.4 is 0 Å². The van der Waals surface area contributed by atoms with Crippen molar-refractivity contribution in [2.75, 3.05) is 0 Å². The molecule has 0 amide bonds. The molecule has 5 aromatic rings. The third kappa shape index (κ3) is 6.07. The first-order valence-corrected chi connectivity index (χ1v) is 16.5. The van der Waals surface area contributed by atoms with Gasteiger partial charge in [-0.1, -0.05) is 138 Å². The normalized spacial score (nSPS) is 13.1. The van der Waals surface area contributed by atoms with Crippen molar-refractivity contribution in [1.29, 1.82) is 0 Å². The third-order valence-electron chi connectivity index (χ3n) is 9.34. The van der Waals surface area contributed by atoms with Gasteiger partial charge in [0.25, 0.3) is 0 Å². The SMILES string of the molecule is CCCCCCC1(CCCCCC)c2ccccc2-c2ccc(-c3cc(-c4ccccc4)cc(-c4ccccn4)n3)cc21. The molecule has 3 aromatic carbocycles. The maximum absolute atomic E-state index is 5.23. The molecule has 0 aliphatic heterocycles. The van der Waals surface area contributed by atoms with E-state index in [1.165, 1.54) is 103 Å². The lowest BCUT2D eigenvalue weighted by Gasteiger charge is -2.33. The first kappa shape index (κ1) is 29.1. The molecule has 218 valence electrons. The van der Waals surface area contributed by atoms with Crippen molar-refractivity contribution >= 4 is 0 Å². The van der Waals surface area contributed by atoms with Crippen molar-refractivity contribution in [3.8, 4) is 44.9 Å². The number of unbranched alkanes of at least 4 members (excludes halogenated alkanes) is 6. The first-order valence-electron chi connectivity index (χ1n) is 16.5. The Morgan fingerprint density at radius 1 is 0.488 bits per heavy atom. The number of pyridine rings is 2. The summed E-state index contributed by atoms with van der Waals surface area (Å²) >= 11 is 0. The summed E-state index contributed by atoms with van der Waals surface area (Å²) in [5.41, 5.74) is 12.3. The summed E-state index contributed by atoms with van der Waals surface area (Å²) in [6, 6.07) is 37.5. The molecule has 0 unspecified atom stereocenters. The topological polar surface area (TPSA) is 25.8 Å². The summed E-state index contributed by atoms with van der Waals surface area (Å²) in [4.78, 5) is 9.89. The molecule has 1 aliphatic rings. The highest BCUT2D eigenvalue weighted by Gasteiger charge is 2.42. The van der Waals surface area contributed by atoms with Crippen molar-refractivity contribution in [2.45, 2.75) is 83.5 Å². The van der Waals surface area contributed by atoms with Crippen LogP contribution in [-0.2, 0) is 5.41 Å². The lowest BCUT2D eigenvalue weighted by Crippen LogP contribution is -2.25. The molecule has 0 fully saturated rings. The van der Waals surface area contributed by atoms with E-state index in [0.29, 0.717) is 0 Å². The Morgan fingerprint density at radius 2 is 1.16 bits per heavy atom. The number of hydrogen-bond donors (Lipinski definition) is 0. The lowest BCUT2D eigenvalue weighted by atomic mass is 9.70. The average molecular weight is 565 g/mol. The molecule has 2 heteroatoms. The molecule has 0 saturated heterocycles. The fourth-order valence-electron chi connectivity index (χ4n) is 7.11. The van der Waals surface area contributed by atoms with E-state index in [-0.39, 0.29) is 5.41 Å². The second-order valence-corrected chi connectivity index (χ2v) is 12.2. The molecule has 0 atom stereocenters. The second kappa shape index (κ2) is 13.5. The summed E-state index contributed by atoms with van der Waals surface area (Å²) in [7, 11) is 0. The van der Waals surface area contributed by atoms with Crippen molar-refractivity contribution in [1.82, 2.24) is 9.97 Å². The molecule has 0 radical (unpaired) electrons. The molecule has 2 nitrogen and oxygen atoms in total. The quantitative estimate of drug-likeness (QED) is 0.133. The molecular weight excluding hydrogens is 520 g/mol. The Bertz CT molecular complexity index is 1570. The number of nitrogens with zero attached hydrogens (tertiary/aromatic N) is 2. The highest BCUT2D eigenvalue weighted by atomic mass is 14.8. The summed E-state index contributed by atoms with van der Waals surface area (Å²) < 4.78 is 0. The minimum absolute atomic E-state index is 0.0598. The number of hydrogen-bond acceptors (Lipinski definition) is 2. The van der Waals surface area contributed by atoms with Gasteiger partial charge in [-0.2, -0.15) is 0 Å². The minimum atomic E-state index is 0.0598. The standard InChI is InChI=1S/C41H44N2/c1-3-5-7-15-25-41(26-16-8-6-4-2)36-21-13-12-20-34(36)35-24-23-32(28-37(35)41)39-29-33(31-18-10-9-11-19-31)30-40(43-39)38-22-14-17-27-42-38/h9-14,17-24,27-30H,3-8,15-16,25-26H2,1-2H3. The monoisotopic (exact) mass is 564 g/mol. The van der Waals surface area contributed by atoms with E-state index < -0.39 is 0 Å². The van der Waals surface area contributed by atoms with Crippen LogP contribution in [0.1, 0.15) is 89.2 Å². The molecule has 0 N–H and O–H groups in total. The smallest absolute Gasteiger partial charge is 0.0899 e. The van der Waals surface area contributed by atoms with Crippen LogP contribution in [0.25, 0.3) is 44.9 Å². The van der Waals surface area contributed by atoms with Crippen molar-refractivity contribution in [3.63, 3.8) is 0 Å². The van der Waals surface area contributed by atoms with Gasteiger partial charge in [-0.15, -0.1) is 0 Å². The van der Waals surface area contributed by atoms with Crippen molar-refractivity contribution < 1.29 is 0 Å². The zero-order valence-corrected chi connectivity index (χ0v) is 25.9. The summed E-state index contributed by atoms with van der Waals surface area (Å²) in [6.07, 6.45) is 14.6.